The summed E-state index contributed by atoms with van der Waals surface area (Å²) < 4.78 is 0. The van der Waals surface area contributed by atoms with Crippen molar-refractivity contribution < 1.29 is 0 Å². The lowest BCUT2D eigenvalue weighted by atomic mass is 10.1. The van der Waals surface area contributed by atoms with Crippen LogP contribution in [0.1, 0.15) is 25.7 Å². The van der Waals surface area contributed by atoms with Crippen molar-refractivity contribution in [2.45, 2.75) is 31.7 Å². The number of rotatable bonds is 6. The summed E-state index contributed by atoms with van der Waals surface area (Å²) in [7, 11) is 6.58. The number of hydrogen-bond acceptors (Lipinski definition) is 3. The van der Waals surface area contributed by atoms with Gasteiger partial charge >= 0.3 is 0 Å². The smallest absolute Gasteiger partial charge is 0.0116 e. The van der Waals surface area contributed by atoms with Crippen LogP contribution in [0, 0.1) is 0 Å². The summed E-state index contributed by atoms with van der Waals surface area (Å²) in [4.78, 5) is 4.82. The average molecular weight is 213 g/mol. The van der Waals surface area contributed by atoms with Gasteiger partial charge in [0.15, 0.2) is 0 Å². The van der Waals surface area contributed by atoms with Gasteiger partial charge in [-0.25, -0.2) is 0 Å². The molecular formula is C12H27N3. The molecule has 1 aliphatic heterocycles. The Labute approximate surface area is 94.8 Å². The highest BCUT2D eigenvalue weighted by Gasteiger charge is 2.16. The maximum absolute atomic E-state index is 3.42. The summed E-state index contributed by atoms with van der Waals surface area (Å²) in [5.41, 5.74) is 0. The molecule has 90 valence electrons. The van der Waals surface area contributed by atoms with Crippen molar-refractivity contribution in [3.8, 4) is 0 Å². The standard InChI is InChI=1S/C12H27N3/c1-14(2)10-4-5-11-15(3)12-6-8-13-9-7-12/h12-13H,4-11H2,1-3H3. The first-order chi connectivity index (χ1) is 7.20. The van der Waals surface area contributed by atoms with Crippen LogP contribution in [-0.2, 0) is 0 Å². The van der Waals surface area contributed by atoms with Crippen molar-refractivity contribution in [2.75, 3.05) is 47.3 Å². The summed E-state index contributed by atoms with van der Waals surface area (Å²) in [6.45, 7) is 4.89. The van der Waals surface area contributed by atoms with Crippen molar-refractivity contribution in [2.24, 2.45) is 0 Å². The van der Waals surface area contributed by atoms with Gasteiger partial charge in [0.2, 0.25) is 0 Å². The Bertz CT molecular complexity index is 153. The zero-order chi connectivity index (χ0) is 11.1. The van der Waals surface area contributed by atoms with Crippen molar-refractivity contribution in [3.05, 3.63) is 0 Å². The van der Waals surface area contributed by atoms with Crippen LogP contribution in [0.5, 0.6) is 0 Å². The van der Waals surface area contributed by atoms with Crippen molar-refractivity contribution in [1.82, 2.24) is 15.1 Å². The van der Waals surface area contributed by atoms with Crippen molar-refractivity contribution in [3.63, 3.8) is 0 Å². The third-order valence-corrected chi connectivity index (χ3v) is 3.30. The van der Waals surface area contributed by atoms with E-state index in [1.807, 2.05) is 0 Å². The highest BCUT2D eigenvalue weighted by molar-refractivity contribution is 4.75. The fourth-order valence-electron chi connectivity index (χ4n) is 2.22. The monoisotopic (exact) mass is 213 g/mol. The number of unbranched alkanes of at least 4 members (excludes halogenated alkanes) is 1. The van der Waals surface area contributed by atoms with Gasteiger partial charge in [0, 0.05) is 6.04 Å². The van der Waals surface area contributed by atoms with Crippen molar-refractivity contribution >= 4 is 0 Å². The van der Waals surface area contributed by atoms with Crippen LogP contribution >= 0.6 is 0 Å². The first-order valence-electron chi connectivity index (χ1n) is 6.26. The van der Waals surface area contributed by atoms with Gasteiger partial charge in [-0.2, -0.15) is 0 Å². The van der Waals surface area contributed by atoms with Gasteiger partial charge in [0.05, 0.1) is 0 Å². The quantitative estimate of drug-likeness (QED) is 0.664. The maximum Gasteiger partial charge on any atom is 0.0116 e. The first-order valence-corrected chi connectivity index (χ1v) is 6.26. The molecule has 1 heterocycles. The Morgan fingerprint density at radius 2 is 1.60 bits per heavy atom. The van der Waals surface area contributed by atoms with E-state index in [2.05, 4.69) is 36.3 Å². The van der Waals surface area contributed by atoms with Gasteiger partial charge in [0.1, 0.15) is 0 Å². The lowest BCUT2D eigenvalue weighted by Gasteiger charge is -2.31. The molecule has 0 spiro atoms. The summed E-state index contributed by atoms with van der Waals surface area (Å²) >= 11 is 0. The van der Waals surface area contributed by atoms with Gasteiger partial charge in [-0.1, -0.05) is 0 Å². The highest BCUT2D eigenvalue weighted by atomic mass is 15.1. The minimum absolute atomic E-state index is 0.825. The summed E-state index contributed by atoms with van der Waals surface area (Å²) in [6, 6.07) is 0.825. The molecule has 0 radical (unpaired) electrons. The topological polar surface area (TPSA) is 18.5 Å². The summed E-state index contributed by atoms with van der Waals surface area (Å²) in [5.74, 6) is 0. The van der Waals surface area contributed by atoms with E-state index in [1.165, 1.54) is 51.9 Å². The minimum Gasteiger partial charge on any atom is -0.317 e. The second-order valence-electron chi connectivity index (χ2n) is 4.97. The van der Waals surface area contributed by atoms with E-state index in [0.717, 1.165) is 6.04 Å². The Balaban J connectivity index is 2.04. The van der Waals surface area contributed by atoms with Gasteiger partial charge in [-0.15, -0.1) is 0 Å². The van der Waals surface area contributed by atoms with E-state index >= 15 is 0 Å². The van der Waals surface area contributed by atoms with E-state index in [1.54, 1.807) is 0 Å². The van der Waals surface area contributed by atoms with Crippen LogP contribution in [0.3, 0.4) is 0 Å². The maximum atomic E-state index is 3.42. The molecule has 3 nitrogen and oxygen atoms in total. The zero-order valence-electron chi connectivity index (χ0n) is 10.6. The number of piperidine rings is 1. The van der Waals surface area contributed by atoms with Gasteiger partial charge in [-0.3, -0.25) is 0 Å². The fourth-order valence-corrected chi connectivity index (χ4v) is 2.22. The van der Waals surface area contributed by atoms with Crippen LogP contribution in [-0.4, -0.2) is 63.2 Å². The second kappa shape index (κ2) is 7.20. The third-order valence-electron chi connectivity index (χ3n) is 3.30. The third kappa shape index (κ3) is 5.50. The van der Waals surface area contributed by atoms with E-state index in [9.17, 15) is 0 Å². The highest BCUT2D eigenvalue weighted by Crippen LogP contribution is 2.10. The Morgan fingerprint density at radius 3 is 2.20 bits per heavy atom. The molecule has 1 fully saturated rings. The largest absolute Gasteiger partial charge is 0.317 e. The zero-order valence-corrected chi connectivity index (χ0v) is 10.6. The molecule has 15 heavy (non-hydrogen) atoms. The molecule has 0 aliphatic carbocycles. The lowest BCUT2D eigenvalue weighted by Crippen LogP contribution is -2.41. The molecule has 0 aromatic rings. The van der Waals surface area contributed by atoms with E-state index in [-0.39, 0.29) is 0 Å². The molecule has 0 bridgehead atoms. The number of hydrogen-bond donors (Lipinski definition) is 1. The van der Waals surface area contributed by atoms with Gasteiger partial charge in [0.25, 0.3) is 0 Å². The number of nitrogens with one attached hydrogen (secondary N) is 1. The minimum atomic E-state index is 0.825. The summed E-state index contributed by atoms with van der Waals surface area (Å²) in [5, 5.41) is 3.42. The first kappa shape index (κ1) is 12.9. The fraction of sp³-hybridized carbons (Fsp3) is 1.00. The predicted molar refractivity (Wildman–Crippen MR) is 66.3 cm³/mol. The molecule has 1 aliphatic rings. The summed E-state index contributed by atoms with van der Waals surface area (Å²) in [6.07, 6.45) is 5.30. The van der Waals surface area contributed by atoms with Crippen molar-refractivity contribution in [1.29, 1.82) is 0 Å². The lowest BCUT2D eigenvalue weighted by molar-refractivity contribution is 0.194. The van der Waals surface area contributed by atoms with E-state index in [4.69, 9.17) is 0 Å². The van der Waals surface area contributed by atoms with Crippen LogP contribution in [0.4, 0.5) is 0 Å². The molecule has 1 saturated heterocycles. The molecule has 0 atom stereocenters. The Morgan fingerprint density at radius 1 is 1.00 bits per heavy atom. The van der Waals surface area contributed by atoms with Gasteiger partial charge in [-0.05, 0) is 73.0 Å². The molecule has 0 amide bonds. The normalized spacial score (nSPS) is 19.0. The molecule has 0 aromatic heterocycles. The Hall–Kier alpha value is -0.120. The molecule has 0 aromatic carbocycles. The molecule has 0 saturated carbocycles. The molecular weight excluding hydrogens is 186 g/mol. The Kier molecular flexibility index (Phi) is 6.22. The molecule has 1 rings (SSSR count). The molecule has 1 N–H and O–H groups in total. The SMILES string of the molecule is CN(C)CCCCN(C)C1CCNCC1. The molecule has 3 heteroatoms. The number of nitrogens with zero attached hydrogens (tertiary/aromatic N) is 2. The van der Waals surface area contributed by atoms with Crippen LogP contribution in [0.15, 0.2) is 0 Å². The second-order valence-corrected chi connectivity index (χ2v) is 4.97. The van der Waals surface area contributed by atoms with E-state index in [0.29, 0.717) is 0 Å². The van der Waals surface area contributed by atoms with Crippen LogP contribution in [0.25, 0.3) is 0 Å². The van der Waals surface area contributed by atoms with Gasteiger partial charge < -0.3 is 15.1 Å². The van der Waals surface area contributed by atoms with Crippen LogP contribution in [0.2, 0.25) is 0 Å². The molecule has 0 unspecified atom stereocenters. The predicted octanol–water partition coefficient (Wildman–Crippen LogP) is 1.01. The average Bonchev–Trinajstić information content (AvgIpc) is 2.25. The van der Waals surface area contributed by atoms with Crippen LogP contribution < -0.4 is 5.32 Å². The van der Waals surface area contributed by atoms with E-state index < -0.39 is 0 Å².